The van der Waals surface area contributed by atoms with Gasteiger partial charge in [-0.1, -0.05) is 48.0 Å². The van der Waals surface area contributed by atoms with Gasteiger partial charge in [0.15, 0.2) is 0 Å². The van der Waals surface area contributed by atoms with E-state index in [9.17, 15) is 9.59 Å². The number of hydrogen-bond donors (Lipinski definition) is 1. The Labute approximate surface area is 180 Å². The van der Waals surface area contributed by atoms with Crippen molar-refractivity contribution in [2.24, 2.45) is 0 Å². The molecule has 7 nitrogen and oxygen atoms in total. The quantitative estimate of drug-likeness (QED) is 0.541. The largest absolute Gasteiger partial charge is 0.325 e. The first kappa shape index (κ1) is 20.3. The first-order valence-corrected chi connectivity index (χ1v) is 9.98. The number of amides is 1. The number of benzene rings is 2. The van der Waals surface area contributed by atoms with Crippen LogP contribution in [0.2, 0.25) is 0 Å². The van der Waals surface area contributed by atoms with Crippen molar-refractivity contribution in [3.8, 4) is 17.2 Å². The van der Waals surface area contributed by atoms with Gasteiger partial charge in [0, 0.05) is 23.0 Å². The van der Waals surface area contributed by atoms with Gasteiger partial charge in [-0.05, 0) is 39.0 Å². The van der Waals surface area contributed by atoms with Crippen LogP contribution in [0.1, 0.15) is 17.0 Å². The molecular weight excluding hydrogens is 390 g/mol. The number of carbonyl (C=O) groups excluding carboxylic acids is 1. The monoisotopic (exact) mass is 413 g/mol. The second kappa shape index (κ2) is 8.39. The van der Waals surface area contributed by atoms with Gasteiger partial charge in [0.05, 0.1) is 11.4 Å². The molecule has 0 saturated heterocycles. The first-order chi connectivity index (χ1) is 14.9. The summed E-state index contributed by atoms with van der Waals surface area (Å²) in [4.78, 5) is 30.5. The summed E-state index contributed by atoms with van der Waals surface area (Å²) in [6.45, 7) is 5.56. The summed E-state index contributed by atoms with van der Waals surface area (Å²) in [6.07, 6.45) is 0. The van der Waals surface area contributed by atoms with Crippen LogP contribution < -0.4 is 10.9 Å². The van der Waals surface area contributed by atoms with Crippen molar-refractivity contribution in [3.63, 3.8) is 0 Å². The first-order valence-electron chi connectivity index (χ1n) is 9.98. The van der Waals surface area contributed by atoms with Crippen molar-refractivity contribution >= 4 is 11.6 Å². The number of carbonyl (C=O) groups is 1. The summed E-state index contributed by atoms with van der Waals surface area (Å²) in [5.74, 6) is -0.0148. The highest BCUT2D eigenvalue weighted by Gasteiger charge is 2.17. The molecule has 1 amide bonds. The summed E-state index contributed by atoms with van der Waals surface area (Å²) < 4.78 is 2.94. The van der Waals surface area contributed by atoms with Crippen molar-refractivity contribution in [2.45, 2.75) is 27.3 Å². The van der Waals surface area contributed by atoms with Crippen LogP contribution in [-0.4, -0.2) is 25.2 Å². The van der Waals surface area contributed by atoms with Crippen molar-refractivity contribution in [3.05, 3.63) is 94.0 Å². The molecule has 4 aromatic rings. The van der Waals surface area contributed by atoms with Crippen LogP contribution in [0.3, 0.4) is 0 Å². The van der Waals surface area contributed by atoms with E-state index in [0.29, 0.717) is 17.3 Å². The Hall–Kier alpha value is -4.00. The van der Waals surface area contributed by atoms with E-state index in [-0.39, 0.29) is 18.0 Å². The Balaban J connectivity index is 1.75. The summed E-state index contributed by atoms with van der Waals surface area (Å²) in [6, 6.07) is 20.3. The molecule has 0 unspecified atom stereocenters. The van der Waals surface area contributed by atoms with E-state index in [4.69, 9.17) is 4.98 Å². The summed E-state index contributed by atoms with van der Waals surface area (Å²) in [5, 5.41) is 7.31. The second-order valence-corrected chi connectivity index (χ2v) is 7.48. The number of nitrogens with one attached hydrogen (secondary N) is 1. The molecule has 156 valence electrons. The number of aromatic nitrogens is 4. The van der Waals surface area contributed by atoms with Crippen molar-refractivity contribution in [2.75, 3.05) is 5.32 Å². The SMILES string of the molecule is Cc1ccc(NC(=O)Cn2c(-n3nc(C)cc3C)nc(-c3ccccc3)cc2=O)cc1. The Bertz CT molecular complexity index is 1290. The lowest BCUT2D eigenvalue weighted by Gasteiger charge is -2.15. The maximum atomic E-state index is 13.1. The molecule has 31 heavy (non-hydrogen) atoms. The summed E-state index contributed by atoms with van der Waals surface area (Å²) in [7, 11) is 0. The molecular formula is C24H23N5O2. The van der Waals surface area contributed by atoms with E-state index in [1.165, 1.54) is 10.6 Å². The molecule has 4 rings (SSSR count). The highest BCUT2D eigenvalue weighted by atomic mass is 16.2. The second-order valence-electron chi connectivity index (χ2n) is 7.48. The Kier molecular flexibility index (Phi) is 5.49. The van der Waals surface area contributed by atoms with E-state index in [0.717, 1.165) is 22.5 Å². The Morgan fingerprint density at radius 3 is 2.32 bits per heavy atom. The van der Waals surface area contributed by atoms with Crippen molar-refractivity contribution in [1.29, 1.82) is 0 Å². The predicted octanol–water partition coefficient (Wildman–Crippen LogP) is 3.66. The van der Waals surface area contributed by atoms with E-state index in [2.05, 4.69) is 10.4 Å². The fourth-order valence-electron chi connectivity index (χ4n) is 3.37. The van der Waals surface area contributed by atoms with Crippen LogP contribution in [0.15, 0.2) is 71.5 Å². The van der Waals surface area contributed by atoms with Crippen LogP contribution in [0, 0.1) is 20.8 Å². The number of hydrogen-bond acceptors (Lipinski definition) is 4. The standard InChI is InChI=1S/C24H23N5O2/c1-16-9-11-20(12-10-16)25-22(30)15-28-23(31)14-21(19-7-5-4-6-8-19)26-24(28)29-18(3)13-17(2)27-29/h4-14H,15H2,1-3H3,(H,25,30). The molecule has 0 atom stereocenters. The minimum absolute atomic E-state index is 0.178. The maximum absolute atomic E-state index is 13.1. The van der Waals surface area contributed by atoms with Gasteiger partial charge in [0.1, 0.15) is 6.54 Å². The fourth-order valence-corrected chi connectivity index (χ4v) is 3.37. The van der Waals surface area contributed by atoms with Gasteiger partial charge >= 0.3 is 0 Å². The molecule has 2 aromatic carbocycles. The van der Waals surface area contributed by atoms with Gasteiger partial charge in [-0.3, -0.25) is 14.2 Å². The van der Waals surface area contributed by atoms with Crippen molar-refractivity contribution in [1.82, 2.24) is 19.3 Å². The molecule has 0 spiro atoms. The molecule has 2 heterocycles. The molecule has 0 aliphatic heterocycles. The van der Waals surface area contributed by atoms with E-state index in [1.54, 1.807) is 4.68 Å². The van der Waals surface area contributed by atoms with Crippen LogP contribution >= 0.6 is 0 Å². The lowest BCUT2D eigenvalue weighted by Crippen LogP contribution is -2.31. The molecule has 1 N–H and O–H groups in total. The molecule has 0 saturated carbocycles. The Morgan fingerprint density at radius 2 is 1.68 bits per heavy atom. The minimum Gasteiger partial charge on any atom is -0.325 e. The number of anilines is 1. The lowest BCUT2D eigenvalue weighted by molar-refractivity contribution is -0.116. The number of nitrogens with zero attached hydrogens (tertiary/aromatic N) is 4. The van der Waals surface area contributed by atoms with Crippen LogP contribution in [0.25, 0.3) is 17.2 Å². The highest BCUT2D eigenvalue weighted by Crippen LogP contribution is 2.18. The minimum atomic E-state index is -0.324. The zero-order valence-electron chi connectivity index (χ0n) is 17.7. The zero-order valence-corrected chi connectivity index (χ0v) is 17.7. The zero-order chi connectivity index (χ0) is 22.0. The highest BCUT2D eigenvalue weighted by molar-refractivity contribution is 5.90. The van der Waals surface area contributed by atoms with E-state index < -0.39 is 0 Å². The van der Waals surface area contributed by atoms with Crippen LogP contribution in [0.5, 0.6) is 0 Å². The average molecular weight is 413 g/mol. The van der Waals surface area contributed by atoms with Gasteiger partial charge in [-0.25, -0.2) is 9.67 Å². The third-order valence-electron chi connectivity index (χ3n) is 4.89. The number of aryl methyl sites for hydroxylation is 3. The molecule has 0 bridgehead atoms. The van der Waals surface area contributed by atoms with E-state index in [1.807, 2.05) is 81.4 Å². The maximum Gasteiger partial charge on any atom is 0.256 e. The molecule has 2 aromatic heterocycles. The molecule has 0 radical (unpaired) electrons. The van der Waals surface area contributed by atoms with Gasteiger partial charge in [0.25, 0.3) is 5.56 Å². The predicted molar refractivity (Wildman–Crippen MR) is 120 cm³/mol. The van der Waals surface area contributed by atoms with Gasteiger partial charge in [0.2, 0.25) is 11.9 Å². The summed E-state index contributed by atoms with van der Waals surface area (Å²) in [5.41, 5.74) is 4.42. The lowest BCUT2D eigenvalue weighted by atomic mass is 10.1. The number of rotatable bonds is 5. The third-order valence-corrected chi connectivity index (χ3v) is 4.89. The topological polar surface area (TPSA) is 81.8 Å². The third kappa shape index (κ3) is 4.45. The fraction of sp³-hybridized carbons (Fsp3) is 0.167. The molecule has 0 aliphatic rings. The van der Waals surface area contributed by atoms with Gasteiger partial charge in [-0.15, -0.1) is 0 Å². The van der Waals surface area contributed by atoms with Gasteiger partial charge < -0.3 is 5.32 Å². The summed E-state index contributed by atoms with van der Waals surface area (Å²) >= 11 is 0. The van der Waals surface area contributed by atoms with E-state index >= 15 is 0 Å². The Morgan fingerprint density at radius 1 is 0.968 bits per heavy atom. The molecule has 0 fully saturated rings. The van der Waals surface area contributed by atoms with Gasteiger partial charge in [-0.2, -0.15) is 5.10 Å². The normalized spacial score (nSPS) is 10.8. The molecule has 0 aliphatic carbocycles. The van der Waals surface area contributed by atoms with Crippen molar-refractivity contribution < 1.29 is 4.79 Å². The smallest absolute Gasteiger partial charge is 0.256 e. The molecule has 7 heteroatoms. The average Bonchev–Trinajstić information content (AvgIpc) is 3.09. The van der Waals surface area contributed by atoms with Crippen LogP contribution in [-0.2, 0) is 11.3 Å². The van der Waals surface area contributed by atoms with Crippen LogP contribution in [0.4, 0.5) is 5.69 Å².